The molecule has 0 aliphatic rings. The first-order valence-corrected chi connectivity index (χ1v) is 5.65. The van der Waals surface area contributed by atoms with Crippen LogP contribution in [0.4, 0.5) is 13.2 Å². The monoisotopic (exact) mass is 261 g/mol. The molecule has 0 N–H and O–H groups in total. The van der Waals surface area contributed by atoms with E-state index >= 15 is 0 Å². The first-order valence-electron chi connectivity index (χ1n) is 5.65. The van der Waals surface area contributed by atoms with E-state index in [9.17, 15) is 13.2 Å². The lowest BCUT2D eigenvalue weighted by Gasteiger charge is -2.14. The lowest BCUT2D eigenvalue weighted by atomic mass is 9.96. The van der Waals surface area contributed by atoms with Crippen molar-refractivity contribution < 1.29 is 13.2 Å². The molecule has 0 fully saturated rings. The minimum atomic E-state index is -4.41. The molecule has 2 aromatic rings. The Morgan fingerprint density at radius 3 is 2.26 bits per heavy atom. The highest BCUT2D eigenvalue weighted by Crippen LogP contribution is 2.37. The lowest BCUT2D eigenvalue weighted by Crippen LogP contribution is -2.07. The van der Waals surface area contributed by atoms with E-state index < -0.39 is 11.7 Å². The Hall–Kier alpha value is -2.28. The number of rotatable bonds is 2. The normalized spacial score (nSPS) is 11.1. The summed E-state index contributed by atoms with van der Waals surface area (Å²) in [5.74, 6) is 0. The molecule has 1 nitrogen and oxygen atoms in total. The molecular weight excluding hydrogens is 251 g/mol. The third kappa shape index (κ3) is 2.94. The Labute approximate surface area is 108 Å². The van der Waals surface area contributed by atoms with E-state index in [1.807, 2.05) is 6.07 Å². The molecule has 0 aromatic heterocycles. The van der Waals surface area contributed by atoms with Gasteiger partial charge in [-0.15, -0.1) is 0 Å². The van der Waals surface area contributed by atoms with Crippen molar-refractivity contribution in [2.24, 2.45) is 0 Å². The molecular formula is C15H10F3N. The van der Waals surface area contributed by atoms with Gasteiger partial charge in [0.05, 0.1) is 18.1 Å². The first kappa shape index (κ1) is 13.2. The Bertz CT molecular complexity index is 610. The molecule has 2 aromatic carbocycles. The largest absolute Gasteiger partial charge is 0.417 e. The number of nitrogens with zero attached hydrogens (tertiary/aromatic N) is 1. The topological polar surface area (TPSA) is 23.8 Å². The molecule has 2 rings (SSSR count). The summed E-state index contributed by atoms with van der Waals surface area (Å²) in [5.41, 5.74) is 0.505. The van der Waals surface area contributed by atoms with E-state index in [0.29, 0.717) is 11.1 Å². The van der Waals surface area contributed by atoms with Crippen LogP contribution in [-0.2, 0) is 12.6 Å². The lowest BCUT2D eigenvalue weighted by molar-refractivity contribution is -0.137. The van der Waals surface area contributed by atoms with Crippen LogP contribution in [0, 0.1) is 11.3 Å². The van der Waals surface area contributed by atoms with Gasteiger partial charge in [-0.25, -0.2) is 0 Å². The van der Waals surface area contributed by atoms with Crippen LogP contribution < -0.4 is 0 Å². The molecule has 0 aliphatic carbocycles. The number of nitriles is 1. The predicted octanol–water partition coefficient (Wildman–Crippen LogP) is 4.44. The smallest absolute Gasteiger partial charge is 0.198 e. The van der Waals surface area contributed by atoms with Gasteiger partial charge < -0.3 is 0 Å². The standard InChI is InChI=1S/C15H10F3N/c16-15(17,18)14-7-6-11(8-9-19)10-13(14)12-4-2-1-3-5-12/h1-7,10H,8H2. The third-order valence-electron chi connectivity index (χ3n) is 2.76. The van der Waals surface area contributed by atoms with Gasteiger partial charge in [0.1, 0.15) is 0 Å². The van der Waals surface area contributed by atoms with Crippen LogP contribution >= 0.6 is 0 Å². The van der Waals surface area contributed by atoms with E-state index in [1.165, 1.54) is 12.1 Å². The van der Waals surface area contributed by atoms with Crippen LogP contribution in [0.2, 0.25) is 0 Å². The fourth-order valence-corrected chi connectivity index (χ4v) is 1.90. The van der Waals surface area contributed by atoms with Crippen molar-refractivity contribution in [3.8, 4) is 17.2 Å². The van der Waals surface area contributed by atoms with Crippen molar-refractivity contribution in [1.29, 1.82) is 5.26 Å². The van der Waals surface area contributed by atoms with Gasteiger partial charge >= 0.3 is 6.18 Å². The SMILES string of the molecule is N#CCc1ccc(C(F)(F)F)c(-c2ccccc2)c1. The minimum Gasteiger partial charge on any atom is -0.198 e. The second kappa shape index (κ2) is 5.15. The molecule has 96 valence electrons. The van der Waals surface area contributed by atoms with Crippen molar-refractivity contribution in [3.05, 3.63) is 59.7 Å². The molecule has 0 bridgehead atoms. The highest BCUT2D eigenvalue weighted by Gasteiger charge is 2.33. The summed E-state index contributed by atoms with van der Waals surface area (Å²) in [4.78, 5) is 0. The van der Waals surface area contributed by atoms with Crippen molar-refractivity contribution in [1.82, 2.24) is 0 Å². The molecule has 0 saturated carbocycles. The van der Waals surface area contributed by atoms with Crippen LogP contribution in [0.15, 0.2) is 48.5 Å². The van der Waals surface area contributed by atoms with Gasteiger partial charge in [-0.1, -0.05) is 36.4 Å². The molecule has 0 spiro atoms. The summed E-state index contributed by atoms with van der Waals surface area (Å²) < 4.78 is 39.0. The summed E-state index contributed by atoms with van der Waals surface area (Å²) >= 11 is 0. The quantitative estimate of drug-likeness (QED) is 0.784. The Morgan fingerprint density at radius 1 is 1.00 bits per heavy atom. The van der Waals surface area contributed by atoms with E-state index in [1.54, 1.807) is 30.3 Å². The van der Waals surface area contributed by atoms with Crippen molar-refractivity contribution in [2.75, 3.05) is 0 Å². The zero-order valence-electron chi connectivity index (χ0n) is 9.91. The molecule has 0 unspecified atom stereocenters. The van der Waals surface area contributed by atoms with Gasteiger partial charge in [0.15, 0.2) is 0 Å². The zero-order valence-corrected chi connectivity index (χ0v) is 9.91. The molecule has 4 heteroatoms. The van der Waals surface area contributed by atoms with Gasteiger partial charge in [0, 0.05) is 0 Å². The summed E-state index contributed by atoms with van der Waals surface area (Å²) in [6.45, 7) is 0. The summed E-state index contributed by atoms with van der Waals surface area (Å²) in [6, 6.07) is 14.1. The van der Waals surface area contributed by atoms with Gasteiger partial charge in [-0.3, -0.25) is 0 Å². The fraction of sp³-hybridized carbons (Fsp3) is 0.133. The van der Waals surface area contributed by atoms with Crippen molar-refractivity contribution in [2.45, 2.75) is 12.6 Å². The Balaban J connectivity index is 2.61. The van der Waals surface area contributed by atoms with Crippen LogP contribution in [0.1, 0.15) is 11.1 Å². The fourth-order valence-electron chi connectivity index (χ4n) is 1.90. The Morgan fingerprint density at radius 2 is 1.68 bits per heavy atom. The maximum absolute atomic E-state index is 13.0. The highest BCUT2D eigenvalue weighted by atomic mass is 19.4. The van der Waals surface area contributed by atoms with Gasteiger partial charge in [-0.2, -0.15) is 18.4 Å². The molecule has 0 aliphatic heterocycles. The molecule has 0 atom stereocenters. The molecule has 0 amide bonds. The number of benzene rings is 2. The summed E-state index contributed by atoms with van der Waals surface area (Å²) in [6.07, 6.45) is -4.31. The van der Waals surface area contributed by atoms with Crippen LogP contribution in [-0.4, -0.2) is 0 Å². The first-order chi connectivity index (χ1) is 9.02. The van der Waals surface area contributed by atoms with Crippen LogP contribution in [0.5, 0.6) is 0 Å². The van der Waals surface area contributed by atoms with Gasteiger partial charge in [0.2, 0.25) is 0 Å². The summed E-state index contributed by atoms with van der Waals surface area (Å²) in [7, 11) is 0. The maximum atomic E-state index is 13.0. The second-order valence-corrected chi connectivity index (χ2v) is 4.08. The van der Waals surface area contributed by atoms with Crippen LogP contribution in [0.3, 0.4) is 0 Å². The molecule has 0 saturated heterocycles. The molecule has 19 heavy (non-hydrogen) atoms. The number of halogens is 3. The predicted molar refractivity (Wildman–Crippen MR) is 66.2 cm³/mol. The van der Waals surface area contributed by atoms with Gasteiger partial charge in [-0.05, 0) is 28.8 Å². The van der Waals surface area contributed by atoms with E-state index in [-0.39, 0.29) is 12.0 Å². The average Bonchev–Trinajstić information content (AvgIpc) is 2.39. The van der Waals surface area contributed by atoms with Gasteiger partial charge in [0.25, 0.3) is 0 Å². The van der Waals surface area contributed by atoms with E-state index in [0.717, 1.165) is 6.07 Å². The molecule has 0 heterocycles. The van der Waals surface area contributed by atoms with Crippen LogP contribution in [0.25, 0.3) is 11.1 Å². The maximum Gasteiger partial charge on any atom is 0.417 e. The van der Waals surface area contributed by atoms with E-state index in [2.05, 4.69) is 0 Å². The second-order valence-electron chi connectivity index (χ2n) is 4.08. The third-order valence-corrected chi connectivity index (χ3v) is 2.76. The number of hydrogen-bond donors (Lipinski definition) is 0. The zero-order chi connectivity index (χ0) is 13.9. The van der Waals surface area contributed by atoms with E-state index in [4.69, 9.17) is 5.26 Å². The summed E-state index contributed by atoms with van der Waals surface area (Å²) in [5, 5.41) is 8.64. The number of alkyl halides is 3. The van der Waals surface area contributed by atoms with Crippen molar-refractivity contribution >= 4 is 0 Å². The highest BCUT2D eigenvalue weighted by molar-refractivity contribution is 5.69. The Kier molecular flexibility index (Phi) is 3.57. The average molecular weight is 261 g/mol. The molecule has 0 radical (unpaired) electrons. The van der Waals surface area contributed by atoms with Crippen molar-refractivity contribution in [3.63, 3.8) is 0 Å². The minimum absolute atomic E-state index is 0.0952. The number of hydrogen-bond acceptors (Lipinski definition) is 1.